The normalized spacial score (nSPS) is 8.89. The van der Waals surface area contributed by atoms with Gasteiger partial charge in [-0.1, -0.05) is 0 Å². The van der Waals surface area contributed by atoms with Crippen LogP contribution in [0.5, 0.6) is 0 Å². The van der Waals surface area contributed by atoms with Crippen LogP contribution >= 0.6 is 0 Å². The summed E-state index contributed by atoms with van der Waals surface area (Å²) in [7, 11) is 0. The maximum Gasteiger partial charge on any atom is 0.303 e. The van der Waals surface area contributed by atoms with Gasteiger partial charge in [0.15, 0.2) is 0 Å². The zero-order valence-corrected chi connectivity index (χ0v) is 9.92. The number of aliphatic carboxylic acids is 2. The molecule has 6 N–H and O–H groups in total. The van der Waals surface area contributed by atoms with Crippen LogP contribution in [-0.2, 0) is 19.2 Å². The number of rotatable bonds is 8. The Hall–Kier alpha value is -2.12. The Morgan fingerprint density at radius 1 is 0.667 bits per heavy atom. The number of carboxylic acids is 2. The van der Waals surface area contributed by atoms with Crippen LogP contribution in [0.1, 0.15) is 38.5 Å². The van der Waals surface area contributed by atoms with E-state index in [-0.39, 0.29) is 25.7 Å². The van der Waals surface area contributed by atoms with Crippen LogP contribution < -0.4 is 11.5 Å². The average Bonchev–Trinajstić information content (AvgIpc) is 2.22. The first-order valence-electron chi connectivity index (χ1n) is 5.26. The summed E-state index contributed by atoms with van der Waals surface area (Å²) in [6.45, 7) is 0. The standard InChI is InChI=1S/C6H10O4.C4H8N2O2/c7-5(8)3-1-2-4-6(9)10;5-3(7)1-2-4(6)8/h1-4H2,(H,7,8)(H,9,10);1-2H2,(H2,5,7)(H2,6,8). The lowest BCUT2D eigenvalue weighted by Gasteiger charge is -1.92. The maximum absolute atomic E-state index is 9.92. The van der Waals surface area contributed by atoms with Crippen LogP contribution in [0.3, 0.4) is 0 Å². The lowest BCUT2D eigenvalue weighted by molar-refractivity contribution is -0.139. The van der Waals surface area contributed by atoms with Gasteiger partial charge in [-0.3, -0.25) is 19.2 Å². The minimum atomic E-state index is -0.870. The Balaban J connectivity index is 0. The average molecular weight is 262 g/mol. The van der Waals surface area contributed by atoms with Gasteiger partial charge < -0.3 is 21.7 Å². The lowest BCUT2D eigenvalue weighted by Crippen LogP contribution is -2.16. The number of unbranched alkanes of at least 4 members (excludes halogenated alkanes) is 1. The molecule has 8 heteroatoms. The van der Waals surface area contributed by atoms with Crippen LogP contribution in [0.4, 0.5) is 0 Å². The van der Waals surface area contributed by atoms with Crippen molar-refractivity contribution in [3.63, 3.8) is 0 Å². The molecule has 0 aromatic heterocycles. The zero-order chi connectivity index (χ0) is 14.6. The minimum Gasteiger partial charge on any atom is -0.481 e. The maximum atomic E-state index is 9.92. The van der Waals surface area contributed by atoms with E-state index < -0.39 is 23.8 Å². The fraction of sp³-hybridized carbons (Fsp3) is 0.600. The molecule has 0 aliphatic heterocycles. The lowest BCUT2D eigenvalue weighted by atomic mass is 10.2. The van der Waals surface area contributed by atoms with Crippen molar-refractivity contribution >= 4 is 23.8 Å². The van der Waals surface area contributed by atoms with Gasteiger partial charge in [-0.15, -0.1) is 0 Å². The summed E-state index contributed by atoms with van der Waals surface area (Å²) in [5, 5.41) is 16.3. The highest BCUT2D eigenvalue weighted by atomic mass is 16.4. The highest BCUT2D eigenvalue weighted by Gasteiger charge is 1.99. The molecule has 0 rings (SSSR count). The van der Waals surface area contributed by atoms with Gasteiger partial charge in [-0.2, -0.15) is 0 Å². The van der Waals surface area contributed by atoms with Crippen molar-refractivity contribution in [2.24, 2.45) is 11.5 Å². The highest BCUT2D eigenvalue weighted by Crippen LogP contribution is 1.98. The number of hydrogen-bond acceptors (Lipinski definition) is 4. The summed E-state index contributed by atoms with van der Waals surface area (Å²) < 4.78 is 0. The monoisotopic (exact) mass is 262 g/mol. The van der Waals surface area contributed by atoms with E-state index in [2.05, 4.69) is 0 Å². The Morgan fingerprint density at radius 2 is 0.944 bits per heavy atom. The van der Waals surface area contributed by atoms with Crippen LogP contribution in [0.2, 0.25) is 0 Å². The molecule has 0 saturated carbocycles. The summed E-state index contributed by atoms with van der Waals surface area (Å²) >= 11 is 0. The summed E-state index contributed by atoms with van der Waals surface area (Å²) in [6, 6.07) is 0. The van der Waals surface area contributed by atoms with E-state index >= 15 is 0 Å². The molecule has 0 fully saturated rings. The van der Waals surface area contributed by atoms with Gasteiger partial charge in [0.25, 0.3) is 0 Å². The van der Waals surface area contributed by atoms with E-state index in [1.807, 2.05) is 0 Å². The Kier molecular flexibility index (Phi) is 11.5. The van der Waals surface area contributed by atoms with Gasteiger partial charge in [0.2, 0.25) is 11.8 Å². The number of nitrogens with two attached hydrogens (primary N) is 2. The van der Waals surface area contributed by atoms with E-state index in [0.29, 0.717) is 12.8 Å². The summed E-state index contributed by atoms with van der Waals surface area (Å²) in [6.07, 6.45) is 1.12. The second-order valence-electron chi connectivity index (χ2n) is 3.43. The molecule has 0 atom stereocenters. The number of carbonyl (C=O) groups excluding carboxylic acids is 2. The largest absolute Gasteiger partial charge is 0.481 e. The SMILES string of the molecule is NC(=O)CCC(N)=O.O=C(O)CCCCC(=O)O. The third kappa shape index (κ3) is 23.6. The predicted octanol–water partition coefficient (Wildman–Crippen LogP) is -0.547. The van der Waals surface area contributed by atoms with Crippen molar-refractivity contribution in [1.82, 2.24) is 0 Å². The molecule has 0 radical (unpaired) electrons. The van der Waals surface area contributed by atoms with Crippen molar-refractivity contribution in [3.8, 4) is 0 Å². The topological polar surface area (TPSA) is 161 Å². The third-order valence-corrected chi connectivity index (χ3v) is 1.65. The van der Waals surface area contributed by atoms with Gasteiger partial charge in [-0.05, 0) is 12.8 Å². The summed E-state index contributed by atoms with van der Waals surface area (Å²) in [4.78, 5) is 39.6. The van der Waals surface area contributed by atoms with Crippen molar-refractivity contribution in [1.29, 1.82) is 0 Å². The molecular formula is C10H18N2O6. The van der Waals surface area contributed by atoms with Crippen molar-refractivity contribution < 1.29 is 29.4 Å². The number of carboxylic acid groups (broad SMARTS) is 2. The fourth-order valence-electron chi connectivity index (χ4n) is 0.799. The Morgan fingerprint density at radius 3 is 1.11 bits per heavy atom. The first-order valence-corrected chi connectivity index (χ1v) is 5.26. The zero-order valence-electron chi connectivity index (χ0n) is 9.92. The molecule has 0 heterocycles. The molecule has 18 heavy (non-hydrogen) atoms. The Labute approximate surface area is 104 Å². The van der Waals surface area contributed by atoms with Gasteiger partial charge in [0, 0.05) is 25.7 Å². The van der Waals surface area contributed by atoms with Crippen LogP contribution in [0.25, 0.3) is 0 Å². The van der Waals surface area contributed by atoms with Crippen LogP contribution in [0, 0.1) is 0 Å². The molecule has 2 amide bonds. The number of carbonyl (C=O) groups is 4. The summed E-state index contributed by atoms with van der Waals surface area (Å²) in [5.41, 5.74) is 9.39. The molecule has 0 aliphatic rings. The number of amides is 2. The third-order valence-electron chi connectivity index (χ3n) is 1.65. The molecule has 0 aromatic rings. The van der Waals surface area contributed by atoms with Crippen molar-refractivity contribution in [2.45, 2.75) is 38.5 Å². The van der Waals surface area contributed by atoms with E-state index in [4.69, 9.17) is 21.7 Å². The second-order valence-corrected chi connectivity index (χ2v) is 3.43. The smallest absolute Gasteiger partial charge is 0.303 e. The molecule has 0 aliphatic carbocycles. The first kappa shape index (κ1) is 18.3. The molecular weight excluding hydrogens is 244 g/mol. The highest BCUT2D eigenvalue weighted by molar-refractivity contribution is 5.81. The molecule has 104 valence electrons. The first-order chi connectivity index (χ1) is 8.25. The van der Waals surface area contributed by atoms with Crippen LogP contribution in [-0.4, -0.2) is 34.0 Å². The molecule has 0 saturated heterocycles. The molecule has 0 aromatic carbocycles. The van der Waals surface area contributed by atoms with Gasteiger partial charge in [0.1, 0.15) is 0 Å². The minimum absolute atomic E-state index is 0.0509. The number of hydrogen-bond donors (Lipinski definition) is 4. The Bertz CT molecular complexity index is 273. The van der Waals surface area contributed by atoms with Crippen LogP contribution in [0.15, 0.2) is 0 Å². The predicted molar refractivity (Wildman–Crippen MR) is 61.4 cm³/mol. The molecule has 0 bridgehead atoms. The van der Waals surface area contributed by atoms with E-state index in [1.165, 1.54) is 0 Å². The van der Waals surface area contributed by atoms with E-state index in [0.717, 1.165) is 0 Å². The van der Waals surface area contributed by atoms with E-state index in [9.17, 15) is 19.2 Å². The second kappa shape index (κ2) is 11.4. The summed E-state index contributed by atoms with van der Waals surface area (Å²) in [5.74, 6) is -2.73. The quantitative estimate of drug-likeness (QED) is 0.429. The van der Waals surface area contributed by atoms with E-state index in [1.54, 1.807) is 0 Å². The van der Waals surface area contributed by atoms with Crippen molar-refractivity contribution in [2.75, 3.05) is 0 Å². The molecule has 0 spiro atoms. The van der Waals surface area contributed by atoms with Crippen molar-refractivity contribution in [3.05, 3.63) is 0 Å². The fourth-order valence-corrected chi connectivity index (χ4v) is 0.799. The van der Waals surface area contributed by atoms with Gasteiger partial charge >= 0.3 is 11.9 Å². The molecule has 0 unspecified atom stereocenters. The van der Waals surface area contributed by atoms with Gasteiger partial charge in [0.05, 0.1) is 0 Å². The number of primary amides is 2. The molecule has 8 nitrogen and oxygen atoms in total. The van der Waals surface area contributed by atoms with Gasteiger partial charge in [-0.25, -0.2) is 0 Å².